The number of aliphatic hydroxyl groups excluding tert-OH is 3. The summed E-state index contributed by atoms with van der Waals surface area (Å²) < 4.78 is 20.2. The van der Waals surface area contributed by atoms with E-state index in [1.165, 1.54) is 12.1 Å². The Hall–Kier alpha value is -2.26. The predicted molar refractivity (Wildman–Crippen MR) is 126 cm³/mol. The van der Waals surface area contributed by atoms with Gasteiger partial charge < -0.3 is 30.9 Å². The summed E-state index contributed by atoms with van der Waals surface area (Å²) in [5.41, 5.74) is 2.30. The van der Waals surface area contributed by atoms with Gasteiger partial charge in [0.2, 0.25) is 0 Å². The number of benzene rings is 1. The van der Waals surface area contributed by atoms with Crippen molar-refractivity contribution in [1.82, 2.24) is 0 Å². The number of hydrogen-bond acceptors (Lipinski definition) is 7. The van der Waals surface area contributed by atoms with Crippen molar-refractivity contribution >= 4 is 11.7 Å². The van der Waals surface area contributed by atoms with Crippen molar-refractivity contribution in [3.63, 3.8) is 0 Å². The van der Waals surface area contributed by atoms with Crippen LogP contribution in [-0.4, -0.2) is 56.9 Å². The number of hydrogen-bond donors (Lipinski definition) is 5. The molecule has 35 heavy (non-hydrogen) atoms. The molecule has 0 saturated heterocycles. The second kappa shape index (κ2) is 7.62. The first-order valence-corrected chi connectivity index (χ1v) is 12.2. The smallest absolute Gasteiger partial charge is 0.343 e. The lowest BCUT2D eigenvalue weighted by molar-refractivity contribution is -0.215. The summed E-state index contributed by atoms with van der Waals surface area (Å²) in [7, 11) is 0. The molecule has 1 aromatic carbocycles. The van der Waals surface area contributed by atoms with Gasteiger partial charge in [-0.3, -0.25) is 0 Å². The molecule has 2 saturated carbocycles. The van der Waals surface area contributed by atoms with Crippen LogP contribution in [0.4, 0.5) is 10.1 Å². The highest BCUT2D eigenvalue weighted by atomic mass is 19.1. The molecule has 0 aromatic heterocycles. The lowest BCUT2D eigenvalue weighted by Crippen LogP contribution is -2.66. The fraction of sp³-hybridized carbons (Fsp3) is 0.593. The Morgan fingerprint density at radius 2 is 1.97 bits per heavy atom. The van der Waals surface area contributed by atoms with Crippen molar-refractivity contribution in [2.45, 2.75) is 58.0 Å². The Labute approximate surface area is 204 Å². The van der Waals surface area contributed by atoms with Crippen LogP contribution in [-0.2, 0) is 4.74 Å². The monoisotopic (exact) mass is 487 g/mol. The van der Waals surface area contributed by atoms with Gasteiger partial charge in [0.25, 0.3) is 0 Å². The summed E-state index contributed by atoms with van der Waals surface area (Å²) in [6, 6.07) is 3.83. The summed E-state index contributed by atoms with van der Waals surface area (Å²) in [4.78, 5) is 13.1. The molecule has 6 N–H and O–H groups in total. The standard InChI is InChI=1S/C27H34FNO6/c1-12-10-26-13(2)8-16-20(25(16,3)4)15(22(26)32)9-14(11-30)21(31)27(26,34)23(12)35-24(33)19-17(28)6-5-7-18(19)29/h5-7,9-10,13,15-16,20-23,30-32,34H,8,11,29H2,1-4H3/t13-,15+,16-,20+,21-,22?,23+,26+,27+/m1/s1. The number of nitrogens with two attached hydrogens (primary N) is 1. The van der Waals surface area contributed by atoms with E-state index in [1.54, 1.807) is 19.1 Å². The predicted octanol–water partition coefficient (Wildman–Crippen LogP) is 2.19. The van der Waals surface area contributed by atoms with Gasteiger partial charge in [-0.1, -0.05) is 39.0 Å². The summed E-state index contributed by atoms with van der Waals surface area (Å²) in [5.74, 6) is -2.23. The number of carbonyl (C=O) groups excluding carboxylic acids is 1. The van der Waals surface area contributed by atoms with Crippen molar-refractivity contribution < 1.29 is 34.3 Å². The third-order valence-electron chi connectivity index (χ3n) is 9.64. The normalized spacial score (nSPS) is 43.2. The van der Waals surface area contributed by atoms with E-state index in [-0.39, 0.29) is 28.5 Å². The van der Waals surface area contributed by atoms with Crippen LogP contribution in [0.3, 0.4) is 0 Å². The molecule has 4 aliphatic carbocycles. The minimum absolute atomic E-state index is 0.0302. The van der Waals surface area contributed by atoms with Crippen molar-refractivity contribution in [2.75, 3.05) is 12.3 Å². The number of ether oxygens (including phenoxy) is 1. The molecule has 0 heterocycles. The van der Waals surface area contributed by atoms with Gasteiger partial charge in [0.15, 0.2) is 6.10 Å². The molecule has 5 rings (SSSR count). The molecule has 0 amide bonds. The first-order chi connectivity index (χ1) is 16.3. The summed E-state index contributed by atoms with van der Waals surface area (Å²) in [6.45, 7) is 7.36. The van der Waals surface area contributed by atoms with Gasteiger partial charge in [0, 0.05) is 11.6 Å². The lowest BCUT2D eigenvalue weighted by atomic mass is 9.58. The number of anilines is 1. The largest absolute Gasteiger partial charge is 0.451 e. The molecule has 190 valence electrons. The van der Waals surface area contributed by atoms with Crippen LogP contribution in [0.25, 0.3) is 0 Å². The molecule has 1 aromatic rings. The SMILES string of the molecule is CC1=C[C@]23C(O)[C@@H](C=C(CO)[C@@H](O)[C@]2(O)[C@H]1OC(=O)c1c(N)cccc1F)[C@H]1[C@@H](C[C@H]3C)C1(C)C. The zero-order chi connectivity index (χ0) is 25.7. The van der Waals surface area contributed by atoms with E-state index < -0.39 is 59.2 Å². The second-order valence-electron chi connectivity index (χ2n) is 11.6. The van der Waals surface area contributed by atoms with E-state index >= 15 is 0 Å². The molecule has 2 bridgehead atoms. The zero-order valence-corrected chi connectivity index (χ0v) is 20.4. The lowest BCUT2D eigenvalue weighted by Gasteiger charge is -2.52. The Morgan fingerprint density at radius 3 is 2.60 bits per heavy atom. The van der Waals surface area contributed by atoms with E-state index in [0.717, 1.165) is 6.07 Å². The van der Waals surface area contributed by atoms with E-state index in [0.29, 0.717) is 17.9 Å². The highest BCUT2D eigenvalue weighted by molar-refractivity contribution is 5.95. The van der Waals surface area contributed by atoms with Crippen LogP contribution in [0.5, 0.6) is 0 Å². The number of esters is 1. The minimum atomic E-state index is -2.18. The molecule has 1 spiro atoms. The number of aliphatic hydroxyl groups is 4. The molecule has 8 heteroatoms. The molecule has 0 radical (unpaired) electrons. The third-order valence-corrected chi connectivity index (χ3v) is 9.64. The van der Waals surface area contributed by atoms with Crippen LogP contribution in [0.1, 0.15) is 44.5 Å². The van der Waals surface area contributed by atoms with E-state index in [4.69, 9.17) is 10.5 Å². The Balaban J connectivity index is 1.64. The van der Waals surface area contributed by atoms with E-state index in [1.807, 2.05) is 6.92 Å². The fourth-order valence-electron chi connectivity index (χ4n) is 7.82. The van der Waals surface area contributed by atoms with Crippen LogP contribution in [0, 0.1) is 40.3 Å². The highest BCUT2D eigenvalue weighted by Gasteiger charge is 2.76. The number of rotatable bonds is 3. The van der Waals surface area contributed by atoms with Gasteiger partial charge in [-0.25, -0.2) is 9.18 Å². The van der Waals surface area contributed by atoms with Crippen molar-refractivity contribution in [1.29, 1.82) is 0 Å². The quantitative estimate of drug-likeness (QED) is 0.251. The third kappa shape index (κ3) is 2.94. The molecule has 9 atom stereocenters. The first kappa shape index (κ1) is 24.4. The first-order valence-electron chi connectivity index (χ1n) is 12.2. The van der Waals surface area contributed by atoms with Gasteiger partial charge in [-0.2, -0.15) is 0 Å². The Morgan fingerprint density at radius 1 is 1.29 bits per heavy atom. The summed E-state index contributed by atoms with van der Waals surface area (Å²) in [5, 5.41) is 46.0. The maximum absolute atomic E-state index is 14.5. The Bertz CT molecular complexity index is 1130. The molecule has 1 unspecified atom stereocenters. The van der Waals surface area contributed by atoms with E-state index in [9.17, 15) is 29.6 Å². The van der Waals surface area contributed by atoms with Gasteiger partial charge in [-0.05, 0) is 59.8 Å². The summed E-state index contributed by atoms with van der Waals surface area (Å²) >= 11 is 0. The minimum Gasteiger partial charge on any atom is -0.451 e. The number of nitrogen functional groups attached to an aromatic ring is 1. The second-order valence-corrected chi connectivity index (χ2v) is 11.6. The van der Waals surface area contributed by atoms with Gasteiger partial charge in [-0.15, -0.1) is 0 Å². The van der Waals surface area contributed by atoms with Crippen LogP contribution in [0.2, 0.25) is 0 Å². The number of fused-ring (bicyclic) bond motifs is 3. The Kier molecular flexibility index (Phi) is 5.32. The molecular formula is C27H34FNO6. The molecule has 7 nitrogen and oxygen atoms in total. The molecular weight excluding hydrogens is 453 g/mol. The molecule has 2 fully saturated rings. The zero-order valence-electron chi connectivity index (χ0n) is 20.4. The van der Waals surface area contributed by atoms with Crippen LogP contribution >= 0.6 is 0 Å². The van der Waals surface area contributed by atoms with Crippen LogP contribution in [0.15, 0.2) is 41.5 Å². The number of halogens is 1. The molecule has 4 aliphatic rings. The van der Waals surface area contributed by atoms with E-state index in [2.05, 4.69) is 13.8 Å². The van der Waals surface area contributed by atoms with Crippen molar-refractivity contribution in [3.05, 3.63) is 52.9 Å². The van der Waals surface area contributed by atoms with Gasteiger partial charge in [0.05, 0.1) is 18.1 Å². The number of carbonyl (C=O) groups is 1. The summed E-state index contributed by atoms with van der Waals surface area (Å²) in [6.07, 6.45) is 0.0136. The highest BCUT2D eigenvalue weighted by Crippen LogP contribution is 2.72. The van der Waals surface area contributed by atoms with Crippen molar-refractivity contribution in [3.8, 4) is 0 Å². The van der Waals surface area contributed by atoms with Gasteiger partial charge in [0.1, 0.15) is 23.1 Å². The van der Waals surface area contributed by atoms with Crippen molar-refractivity contribution in [2.24, 2.45) is 34.5 Å². The molecule has 0 aliphatic heterocycles. The van der Waals surface area contributed by atoms with Crippen LogP contribution < -0.4 is 5.73 Å². The maximum Gasteiger partial charge on any atom is 0.343 e. The maximum atomic E-state index is 14.5. The fourth-order valence-corrected chi connectivity index (χ4v) is 7.82. The average molecular weight is 488 g/mol. The topological polar surface area (TPSA) is 133 Å². The average Bonchev–Trinajstić information content (AvgIpc) is 3.27. The van der Waals surface area contributed by atoms with Gasteiger partial charge >= 0.3 is 5.97 Å².